The zero-order chi connectivity index (χ0) is 8.15. The number of nitrogens with zero attached hydrogens (tertiary/aromatic N) is 1. The van der Waals surface area contributed by atoms with Crippen molar-refractivity contribution in [3.63, 3.8) is 0 Å². The van der Waals surface area contributed by atoms with Gasteiger partial charge in [0.1, 0.15) is 6.04 Å². The summed E-state index contributed by atoms with van der Waals surface area (Å²) in [6, 6.07) is -0.432. The van der Waals surface area contributed by atoms with Gasteiger partial charge in [0.15, 0.2) is 0 Å². The molecular weight excluding hydrogens is 153 g/mol. The smallest absolute Gasteiger partial charge is 0.320 e. The van der Waals surface area contributed by atoms with Crippen LogP contribution < -0.4 is 0 Å². The van der Waals surface area contributed by atoms with Crippen molar-refractivity contribution < 1.29 is 9.90 Å². The Morgan fingerprint density at radius 2 is 2.27 bits per heavy atom. The van der Waals surface area contributed by atoms with Gasteiger partial charge in [0.25, 0.3) is 0 Å². The van der Waals surface area contributed by atoms with Gasteiger partial charge in [-0.05, 0) is 14.0 Å². The summed E-state index contributed by atoms with van der Waals surface area (Å²) in [6.07, 6.45) is 1.68. The molecule has 3 nitrogen and oxygen atoms in total. The molecule has 11 heavy (non-hydrogen) atoms. The van der Waals surface area contributed by atoms with Crippen LogP contribution in [0.3, 0.4) is 0 Å². The van der Waals surface area contributed by atoms with Gasteiger partial charge in [-0.1, -0.05) is 6.08 Å². The van der Waals surface area contributed by atoms with Crippen molar-refractivity contribution in [2.24, 2.45) is 0 Å². The second-order valence-electron chi connectivity index (χ2n) is 2.24. The molecule has 0 heterocycles. The summed E-state index contributed by atoms with van der Waals surface area (Å²) in [6.45, 7) is 5.76. The van der Waals surface area contributed by atoms with Gasteiger partial charge >= 0.3 is 5.97 Å². The minimum absolute atomic E-state index is 0. The Balaban J connectivity index is 0. The van der Waals surface area contributed by atoms with Gasteiger partial charge in [-0.25, -0.2) is 0 Å². The molecule has 0 aromatic carbocycles. The van der Waals surface area contributed by atoms with Crippen LogP contribution in [0.1, 0.15) is 6.92 Å². The summed E-state index contributed by atoms with van der Waals surface area (Å²) in [7, 11) is 1.75. The molecule has 0 aromatic rings. The van der Waals surface area contributed by atoms with E-state index in [9.17, 15) is 4.79 Å². The Kier molecular flexibility index (Phi) is 8.56. The molecule has 0 aliphatic carbocycles. The zero-order valence-electron chi connectivity index (χ0n) is 7.37. The molecule has 59 valence electrons. The van der Waals surface area contributed by atoms with E-state index in [2.05, 4.69) is 6.58 Å². The van der Waals surface area contributed by atoms with Crippen LogP contribution in [0.2, 0.25) is 0 Å². The van der Waals surface area contributed by atoms with Crippen LogP contribution in [-0.4, -0.2) is 65.2 Å². The van der Waals surface area contributed by atoms with E-state index in [-0.39, 0.29) is 29.6 Å². The van der Waals surface area contributed by atoms with Crippen LogP contribution in [0.4, 0.5) is 0 Å². The number of carbonyl (C=O) groups is 1. The summed E-state index contributed by atoms with van der Waals surface area (Å²) in [4.78, 5) is 12.0. The van der Waals surface area contributed by atoms with Gasteiger partial charge in [-0.15, -0.1) is 6.58 Å². The van der Waals surface area contributed by atoms with Crippen molar-refractivity contribution in [1.29, 1.82) is 0 Å². The van der Waals surface area contributed by atoms with Crippen LogP contribution in [0, 0.1) is 0 Å². The number of aliphatic carboxylic acids is 1. The van der Waals surface area contributed by atoms with E-state index in [1.54, 1.807) is 24.9 Å². The predicted octanol–water partition coefficient (Wildman–Crippen LogP) is 0.197. The first-order valence-electron chi connectivity index (χ1n) is 3.13. The fourth-order valence-corrected chi connectivity index (χ4v) is 0.550. The van der Waals surface area contributed by atoms with Crippen LogP contribution in [0.25, 0.3) is 0 Å². The second-order valence-corrected chi connectivity index (χ2v) is 2.24. The average Bonchev–Trinajstić information content (AvgIpc) is 1.87. The van der Waals surface area contributed by atoms with Crippen molar-refractivity contribution >= 4 is 35.5 Å². The fourth-order valence-electron chi connectivity index (χ4n) is 0.550. The largest absolute Gasteiger partial charge is 0.480 e. The molecule has 1 radical (unpaired) electrons. The Morgan fingerprint density at radius 3 is 2.55 bits per heavy atom. The Labute approximate surface area is 89.4 Å². The second kappa shape index (κ2) is 6.85. The number of likely N-dealkylation sites (N-methyl/N-ethyl adjacent to an activating group) is 1. The van der Waals surface area contributed by atoms with Gasteiger partial charge in [0, 0.05) is 36.1 Å². The Morgan fingerprint density at radius 1 is 1.82 bits per heavy atom. The van der Waals surface area contributed by atoms with Gasteiger partial charge in [-0.3, -0.25) is 9.69 Å². The van der Waals surface area contributed by atoms with E-state index in [1.165, 1.54) is 0 Å². The Bertz CT molecular complexity index is 138. The number of carboxylic acid groups (broad SMARTS) is 1. The predicted molar refractivity (Wildman–Crippen MR) is 45.7 cm³/mol. The SMILES string of the molecule is C=CCN(C)[C@@H](C)C(=O)O.[Na]. The third-order valence-electron chi connectivity index (χ3n) is 1.44. The summed E-state index contributed by atoms with van der Waals surface area (Å²) >= 11 is 0. The van der Waals surface area contributed by atoms with Crippen LogP contribution in [-0.2, 0) is 4.79 Å². The van der Waals surface area contributed by atoms with E-state index >= 15 is 0 Å². The molecule has 0 aliphatic heterocycles. The first-order chi connectivity index (χ1) is 4.59. The molecule has 1 N–H and O–H groups in total. The quantitative estimate of drug-likeness (QED) is 0.479. The van der Waals surface area contributed by atoms with E-state index in [0.717, 1.165) is 0 Å². The molecule has 0 bridgehead atoms. The van der Waals surface area contributed by atoms with E-state index in [0.29, 0.717) is 6.54 Å². The topological polar surface area (TPSA) is 40.5 Å². The maximum atomic E-state index is 10.3. The van der Waals surface area contributed by atoms with Gasteiger partial charge < -0.3 is 5.11 Å². The maximum Gasteiger partial charge on any atom is 0.320 e. The van der Waals surface area contributed by atoms with Crippen molar-refractivity contribution in [2.45, 2.75) is 13.0 Å². The third-order valence-corrected chi connectivity index (χ3v) is 1.44. The first-order valence-corrected chi connectivity index (χ1v) is 3.13. The maximum absolute atomic E-state index is 10.3. The van der Waals surface area contributed by atoms with E-state index < -0.39 is 12.0 Å². The molecule has 1 atom stereocenters. The molecule has 0 saturated carbocycles. The van der Waals surface area contributed by atoms with Gasteiger partial charge in [-0.2, -0.15) is 0 Å². The molecule has 4 heteroatoms. The summed E-state index contributed by atoms with van der Waals surface area (Å²) in [5.41, 5.74) is 0. The first kappa shape index (κ1) is 13.7. The zero-order valence-corrected chi connectivity index (χ0v) is 9.37. The van der Waals surface area contributed by atoms with Crippen molar-refractivity contribution in [3.05, 3.63) is 12.7 Å². The summed E-state index contributed by atoms with van der Waals surface area (Å²) in [5, 5.41) is 8.50. The van der Waals surface area contributed by atoms with Crippen LogP contribution in [0.15, 0.2) is 12.7 Å². The number of rotatable bonds is 4. The van der Waals surface area contributed by atoms with E-state index in [4.69, 9.17) is 5.11 Å². The van der Waals surface area contributed by atoms with Gasteiger partial charge in [0.05, 0.1) is 0 Å². The monoisotopic (exact) mass is 166 g/mol. The standard InChI is InChI=1S/C7H13NO2.Na/c1-4-5-8(3)6(2)7(9)10;/h4,6H,1,5H2,2-3H3,(H,9,10);/t6-;/m0./s1. The molecule has 0 saturated heterocycles. The molecule has 0 aromatic heterocycles. The molecule has 0 aliphatic rings. The summed E-state index contributed by atoms with van der Waals surface area (Å²) < 4.78 is 0. The van der Waals surface area contributed by atoms with E-state index in [1.807, 2.05) is 0 Å². The molecular formula is C7H13NNaO2. The number of hydrogen-bond donors (Lipinski definition) is 1. The molecule has 0 unspecified atom stereocenters. The summed E-state index contributed by atoms with van der Waals surface area (Å²) in [5.74, 6) is -0.802. The molecule has 0 rings (SSSR count). The van der Waals surface area contributed by atoms with Crippen LogP contribution in [0.5, 0.6) is 0 Å². The van der Waals surface area contributed by atoms with Crippen LogP contribution >= 0.6 is 0 Å². The minimum atomic E-state index is -0.802. The fraction of sp³-hybridized carbons (Fsp3) is 0.571. The molecule has 0 spiro atoms. The Hall–Kier alpha value is 0.170. The molecule has 0 fully saturated rings. The van der Waals surface area contributed by atoms with Gasteiger partial charge in [0.2, 0.25) is 0 Å². The normalized spacial score (nSPS) is 11.9. The molecule has 0 amide bonds. The van der Waals surface area contributed by atoms with Crippen molar-refractivity contribution in [3.8, 4) is 0 Å². The van der Waals surface area contributed by atoms with Crippen molar-refractivity contribution in [2.75, 3.05) is 13.6 Å². The average molecular weight is 166 g/mol. The minimum Gasteiger partial charge on any atom is -0.480 e. The van der Waals surface area contributed by atoms with Crippen molar-refractivity contribution in [1.82, 2.24) is 4.90 Å². The number of hydrogen-bond acceptors (Lipinski definition) is 2. The third kappa shape index (κ3) is 5.44. The number of carboxylic acids is 1.